The van der Waals surface area contributed by atoms with Crippen molar-refractivity contribution in [2.75, 3.05) is 32.9 Å². The molecule has 0 radical (unpaired) electrons. The van der Waals surface area contributed by atoms with Crippen molar-refractivity contribution in [3.8, 4) is 11.1 Å². The van der Waals surface area contributed by atoms with Gasteiger partial charge in [0.25, 0.3) is 0 Å². The van der Waals surface area contributed by atoms with Crippen LogP contribution in [0.25, 0.3) is 11.1 Å². The number of fused-ring (bicyclic) bond motifs is 3. The van der Waals surface area contributed by atoms with Crippen LogP contribution in [0.15, 0.2) is 48.5 Å². The first kappa shape index (κ1) is 23.4. The summed E-state index contributed by atoms with van der Waals surface area (Å²) in [6, 6.07) is 16.3. The summed E-state index contributed by atoms with van der Waals surface area (Å²) < 4.78 is 11.1. The van der Waals surface area contributed by atoms with Crippen molar-refractivity contribution in [3.05, 3.63) is 59.7 Å². The highest BCUT2D eigenvalue weighted by atomic mass is 16.5. The molecular formula is C27H30N2O6. The van der Waals surface area contributed by atoms with Gasteiger partial charge in [-0.2, -0.15) is 0 Å². The van der Waals surface area contributed by atoms with E-state index in [1.165, 1.54) is 0 Å². The number of hydrogen-bond acceptors (Lipinski definition) is 5. The molecule has 2 amide bonds. The number of carboxylic acids is 1. The molecule has 0 unspecified atom stereocenters. The molecule has 0 spiro atoms. The second kappa shape index (κ2) is 9.70. The summed E-state index contributed by atoms with van der Waals surface area (Å²) in [7, 11) is 0. The molecule has 2 atom stereocenters. The van der Waals surface area contributed by atoms with E-state index < -0.39 is 17.5 Å². The molecule has 35 heavy (non-hydrogen) atoms. The Morgan fingerprint density at radius 3 is 2.20 bits per heavy atom. The van der Waals surface area contributed by atoms with E-state index in [9.17, 15) is 14.4 Å². The predicted molar refractivity (Wildman–Crippen MR) is 128 cm³/mol. The molecule has 1 heterocycles. The molecule has 3 N–H and O–H groups in total. The molecule has 2 aliphatic carbocycles. The van der Waals surface area contributed by atoms with Crippen LogP contribution in [-0.2, 0) is 19.1 Å². The standard InChI is InChI=1S/C27H30N2O6/c30-24(31)22-13-17(22)14-28-25(32)27(9-11-34-12-10-27)16-29-26(33)35-15-23-20-7-3-1-5-18(20)19-6-2-4-8-21(19)23/h1-8,17,22-23H,9-16H2,(H,28,32)(H,29,33)(H,30,31)/t17-,22-/m1/s1. The molecule has 5 rings (SSSR count). The number of carbonyl (C=O) groups is 3. The van der Waals surface area contributed by atoms with Crippen molar-refractivity contribution in [1.29, 1.82) is 0 Å². The first-order chi connectivity index (χ1) is 17.0. The third-order valence-electron chi connectivity index (χ3n) is 7.61. The number of alkyl carbamates (subject to hydrolysis) is 1. The van der Waals surface area contributed by atoms with E-state index in [2.05, 4.69) is 34.9 Å². The van der Waals surface area contributed by atoms with E-state index in [4.69, 9.17) is 14.6 Å². The number of benzene rings is 2. The number of rotatable bonds is 8. The van der Waals surface area contributed by atoms with E-state index in [1.807, 2.05) is 24.3 Å². The number of carbonyl (C=O) groups excluding carboxylic acids is 2. The van der Waals surface area contributed by atoms with Gasteiger partial charge >= 0.3 is 12.1 Å². The summed E-state index contributed by atoms with van der Waals surface area (Å²) in [5.41, 5.74) is 3.81. The van der Waals surface area contributed by atoms with Gasteiger partial charge in [0.1, 0.15) is 6.61 Å². The second-order valence-electron chi connectivity index (χ2n) is 9.72. The van der Waals surface area contributed by atoms with Gasteiger partial charge in [-0.1, -0.05) is 48.5 Å². The fourth-order valence-corrected chi connectivity index (χ4v) is 5.32. The second-order valence-corrected chi connectivity index (χ2v) is 9.72. The Balaban J connectivity index is 1.18. The molecule has 0 aromatic heterocycles. The quantitative estimate of drug-likeness (QED) is 0.537. The van der Waals surface area contributed by atoms with E-state index in [0.29, 0.717) is 39.0 Å². The first-order valence-corrected chi connectivity index (χ1v) is 12.2. The number of nitrogens with one attached hydrogen (secondary N) is 2. The van der Waals surface area contributed by atoms with Gasteiger partial charge in [-0.25, -0.2) is 4.79 Å². The maximum atomic E-state index is 13.1. The van der Waals surface area contributed by atoms with Crippen LogP contribution in [0.2, 0.25) is 0 Å². The molecule has 8 nitrogen and oxygen atoms in total. The molecule has 1 saturated heterocycles. The smallest absolute Gasteiger partial charge is 0.407 e. The Labute approximate surface area is 204 Å². The largest absolute Gasteiger partial charge is 0.481 e. The minimum Gasteiger partial charge on any atom is -0.481 e. The van der Waals surface area contributed by atoms with Crippen LogP contribution in [0.5, 0.6) is 0 Å². The van der Waals surface area contributed by atoms with Crippen LogP contribution < -0.4 is 10.6 Å². The normalized spacial score (nSPS) is 21.9. The zero-order valence-electron chi connectivity index (χ0n) is 19.5. The van der Waals surface area contributed by atoms with Gasteiger partial charge in [0.05, 0.1) is 11.3 Å². The van der Waals surface area contributed by atoms with Gasteiger partial charge in [-0.3, -0.25) is 9.59 Å². The topological polar surface area (TPSA) is 114 Å². The van der Waals surface area contributed by atoms with Gasteiger partial charge < -0.3 is 25.2 Å². The summed E-state index contributed by atoms with van der Waals surface area (Å²) in [6.45, 7) is 1.55. The Hall–Kier alpha value is -3.39. The fourth-order valence-electron chi connectivity index (χ4n) is 5.32. The molecule has 2 fully saturated rings. The lowest BCUT2D eigenvalue weighted by molar-refractivity contribution is -0.139. The van der Waals surface area contributed by atoms with Crippen LogP contribution in [0.1, 0.15) is 36.3 Å². The van der Waals surface area contributed by atoms with Crippen molar-refractivity contribution >= 4 is 18.0 Å². The van der Waals surface area contributed by atoms with Crippen molar-refractivity contribution in [2.24, 2.45) is 17.3 Å². The maximum Gasteiger partial charge on any atom is 0.407 e. The average molecular weight is 479 g/mol. The average Bonchev–Trinajstić information content (AvgIpc) is 3.61. The minimum atomic E-state index is -0.818. The maximum absolute atomic E-state index is 13.1. The van der Waals surface area contributed by atoms with E-state index >= 15 is 0 Å². The van der Waals surface area contributed by atoms with E-state index in [-0.39, 0.29) is 36.8 Å². The molecule has 1 aliphatic heterocycles. The van der Waals surface area contributed by atoms with Crippen LogP contribution >= 0.6 is 0 Å². The zero-order valence-corrected chi connectivity index (χ0v) is 19.5. The highest BCUT2D eigenvalue weighted by molar-refractivity contribution is 5.84. The highest BCUT2D eigenvalue weighted by Crippen LogP contribution is 2.44. The van der Waals surface area contributed by atoms with Crippen molar-refractivity contribution < 1.29 is 29.0 Å². The Morgan fingerprint density at radius 2 is 1.60 bits per heavy atom. The highest BCUT2D eigenvalue weighted by Gasteiger charge is 2.45. The molecular weight excluding hydrogens is 448 g/mol. The molecule has 184 valence electrons. The first-order valence-electron chi connectivity index (χ1n) is 12.2. The SMILES string of the molecule is O=C(NCC1(C(=O)NC[C@H]2C[C@H]2C(=O)O)CCOCC1)OCC1c2ccccc2-c2ccccc21. The lowest BCUT2D eigenvalue weighted by Gasteiger charge is -2.35. The summed E-state index contributed by atoms with van der Waals surface area (Å²) >= 11 is 0. The number of carboxylic acid groups (broad SMARTS) is 1. The Morgan fingerprint density at radius 1 is 0.971 bits per heavy atom. The summed E-state index contributed by atoms with van der Waals surface area (Å²) in [6.07, 6.45) is 0.994. The molecule has 2 aromatic rings. The Kier molecular flexibility index (Phi) is 6.47. The van der Waals surface area contributed by atoms with Gasteiger partial charge in [-0.15, -0.1) is 0 Å². The third-order valence-corrected chi connectivity index (χ3v) is 7.61. The van der Waals surface area contributed by atoms with Crippen LogP contribution in [-0.4, -0.2) is 56.0 Å². The van der Waals surface area contributed by atoms with Crippen molar-refractivity contribution in [2.45, 2.75) is 25.2 Å². The lowest BCUT2D eigenvalue weighted by atomic mass is 9.79. The fraction of sp³-hybridized carbons (Fsp3) is 0.444. The number of hydrogen-bond donors (Lipinski definition) is 3. The van der Waals surface area contributed by atoms with Crippen molar-refractivity contribution in [1.82, 2.24) is 10.6 Å². The monoisotopic (exact) mass is 478 g/mol. The van der Waals surface area contributed by atoms with E-state index in [0.717, 1.165) is 22.3 Å². The predicted octanol–water partition coefficient (Wildman–Crippen LogP) is 3.16. The number of ether oxygens (including phenoxy) is 2. The third kappa shape index (κ3) is 4.75. The summed E-state index contributed by atoms with van der Waals surface area (Å²) in [4.78, 5) is 36.8. The molecule has 2 aromatic carbocycles. The molecule has 0 bridgehead atoms. The lowest BCUT2D eigenvalue weighted by Crippen LogP contribution is -2.51. The minimum absolute atomic E-state index is 0.0246. The number of amides is 2. The van der Waals surface area contributed by atoms with E-state index in [1.54, 1.807) is 0 Å². The van der Waals surface area contributed by atoms with Gasteiger partial charge in [0.15, 0.2) is 0 Å². The molecule has 1 saturated carbocycles. The van der Waals surface area contributed by atoms with Crippen molar-refractivity contribution in [3.63, 3.8) is 0 Å². The van der Waals surface area contributed by atoms with Crippen LogP contribution in [0, 0.1) is 17.3 Å². The van der Waals surface area contributed by atoms with Crippen LogP contribution in [0.3, 0.4) is 0 Å². The summed E-state index contributed by atoms with van der Waals surface area (Å²) in [5, 5.41) is 14.8. The number of aliphatic carboxylic acids is 1. The molecule has 8 heteroatoms. The summed E-state index contributed by atoms with van der Waals surface area (Å²) in [5.74, 6) is -1.42. The van der Waals surface area contributed by atoms with Gasteiger partial charge in [-0.05, 0) is 47.4 Å². The van der Waals surface area contributed by atoms with Gasteiger partial charge in [0.2, 0.25) is 5.91 Å². The zero-order chi connectivity index (χ0) is 24.4. The molecule has 3 aliphatic rings. The Bertz CT molecular complexity index is 1080. The van der Waals surface area contributed by atoms with Gasteiger partial charge in [0, 0.05) is 32.2 Å². The van der Waals surface area contributed by atoms with Crippen LogP contribution in [0.4, 0.5) is 4.79 Å².